The van der Waals surface area contributed by atoms with E-state index in [-0.39, 0.29) is 28.9 Å². The van der Waals surface area contributed by atoms with Gasteiger partial charge in [-0.2, -0.15) is 0 Å². The van der Waals surface area contributed by atoms with Crippen LogP contribution >= 0.6 is 11.3 Å². The number of rotatable bonds is 7. The molecule has 0 aromatic carbocycles. The van der Waals surface area contributed by atoms with E-state index in [1.807, 2.05) is 12.2 Å². The number of amides is 1. The summed E-state index contributed by atoms with van der Waals surface area (Å²) >= 11 is 1.01. The number of hydrogen-bond acceptors (Lipinski definition) is 7. The molecule has 0 bridgehead atoms. The van der Waals surface area contributed by atoms with E-state index in [0.29, 0.717) is 23.3 Å². The first-order valence-electron chi connectivity index (χ1n) is 8.78. The van der Waals surface area contributed by atoms with Crippen molar-refractivity contribution in [2.24, 2.45) is 5.92 Å². The molecule has 0 saturated heterocycles. The van der Waals surface area contributed by atoms with E-state index < -0.39 is 24.5 Å². The maximum absolute atomic E-state index is 12.2. The molecule has 0 radical (unpaired) electrons. The number of esters is 2. The molecule has 1 N–H and O–H groups in total. The lowest BCUT2D eigenvalue weighted by atomic mass is 9.95. The standard InChI is InChI=1S/C19H23NO6S/c1-4-25-19(24)15-11(2)16(12(3)21)27-17(15)20-14(22)10-26-18(23)13-8-6-5-7-9-13/h5-6,13H,4,7-10H2,1-3H3,(H,20,22)/t13-/m1/s1. The summed E-state index contributed by atoms with van der Waals surface area (Å²) in [6.45, 7) is 4.41. The van der Waals surface area contributed by atoms with E-state index in [0.717, 1.165) is 17.8 Å². The van der Waals surface area contributed by atoms with Crippen LogP contribution in [-0.2, 0) is 19.1 Å². The molecule has 8 heteroatoms. The first-order chi connectivity index (χ1) is 12.8. The van der Waals surface area contributed by atoms with E-state index in [9.17, 15) is 19.2 Å². The number of allylic oxidation sites excluding steroid dienone is 2. The van der Waals surface area contributed by atoms with E-state index in [2.05, 4.69) is 5.32 Å². The third-order valence-electron chi connectivity index (χ3n) is 4.15. The van der Waals surface area contributed by atoms with Crippen LogP contribution in [0.25, 0.3) is 0 Å². The van der Waals surface area contributed by atoms with Gasteiger partial charge in [0.2, 0.25) is 0 Å². The van der Waals surface area contributed by atoms with Crippen molar-refractivity contribution in [3.8, 4) is 0 Å². The zero-order chi connectivity index (χ0) is 20.0. The maximum Gasteiger partial charge on any atom is 0.341 e. The number of anilines is 1. The van der Waals surface area contributed by atoms with Gasteiger partial charge in [-0.15, -0.1) is 11.3 Å². The minimum atomic E-state index is -0.611. The number of thiophene rings is 1. The second kappa shape index (κ2) is 9.45. The van der Waals surface area contributed by atoms with Gasteiger partial charge in [0, 0.05) is 0 Å². The number of ketones is 1. The van der Waals surface area contributed by atoms with Crippen LogP contribution in [-0.4, -0.2) is 36.8 Å². The molecule has 1 aromatic heterocycles. The molecule has 0 saturated carbocycles. The Kier molecular flexibility index (Phi) is 7.29. The van der Waals surface area contributed by atoms with Crippen LogP contribution in [0.2, 0.25) is 0 Å². The van der Waals surface area contributed by atoms with Gasteiger partial charge >= 0.3 is 11.9 Å². The predicted octanol–water partition coefficient (Wildman–Crippen LogP) is 3.27. The van der Waals surface area contributed by atoms with E-state index in [1.54, 1.807) is 13.8 Å². The average molecular weight is 393 g/mol. The SMILES string of the molecule is CCOC(=O)c1c(NC(=O)COC(=O)[C@@H]2CC=CCC2)sc(C(C)=O)c1C. The quantitative estimate of drug-likeness (QED) is 0.434. The van der Waals surface area contributed by atoms with Crippen molar-refractivity contribution >= 4 is 40.0 Å². The van der Waals surface area contributed by atoms with Gasteiger partial charge in [0.1, 0.15) is 5.00 Å². The summed E-state index contributed by atoms with van der Waals surface area (Å²) in [7, 11) is 0. The number of Topliss-reactive ketones (excluding diaryl/α,β-unsaturated/α-hetero) is 1. The molecule has 146 valence electrons. The Morgan fingerprint density at radius 2 is 1.96 bits per heavy atom. The van der Waals surface area contributed by atoms with E-state index in [4.69, 9.17) is 9.47 Å². The summed E-state index contributed by atoms with van der Waals surface area (Å²) in [4.78, 5) is 48.5. The van der Waals surface area contributed by atoms with Crippen molar-refractivity contribution < 1.29 is 28.7 Å². The molecule has 0 unspecified atom stereocenters. The molecule has 1 aliphatic rings. The van der Waals surface area contributed by atoms with Gasteiger partial charge in [-0.25, -0.2) is 4.79 Å². The Hall–Kier alpha value is -2.48. The largest absolute Gasteiger partial charge is 0.462 e. The lowest BCUT2D eigenvalue weighted by Crippen LogP contribution is -2.25. The van der Waals surface area contributed by atoms with Gasteiger partial charge in [0.25, 0.3) is 5.91 Å². The Bertz CT molecular complexity index is 779. The maximum atomic E-state index is 12.2. The van der Waals surface area contributed by atoms with Gasteiger partial charge in [0.15, 0.2) is 12.4 Å². The van der Waals surface area contributed by atoms with Crippen LogP contribution in [0.5, 0.6) is 0 Å². The molecule has 1 amide bonds. The molecule has 7 nitrogen and oxygen atoms in total. The number of ether oxygens (including phenoxy) is 2. The second-order valence-corrected chi connectivity index (χ2v) is 7.19. The van der Waals surface area contributed by atoms with Crippen molar-refractivity contribution in [3.63, 3.8) is 0 Å². The van der Waals surface area contributed by atoms with Crippen molar-refractivity contribution in [3.05, 3.63) is 28.2 Å². The summed E-state index contributed by atoms with van der Waals surface area (Å²) in [5, 5.41) is 2.78. The number of hydrogen-bond donors (Lipinski definition) is 1. The fourth-order valence-corrected chi connectivity index (χ4v) is 3.92. The molecular formula is C19H23NO6S. The van der Waals surface area contributed by atoms with E-state index in [1.165, 1.54) is 6.92 Å². The van der Waals surface area contributed by atoms with Gasteiger partial charge in [-0.1, -0.05) is 12.2 Å². The molecule has 2 rings (SSSR count). The summed E-state index contributed by atoms with van der Waals surface area (Å²) < 4.78 is 10.1. The van der Waals surface area contributed by atoms with Gasteiger partial charge in [-0.05, 0) is 45.6 Å². The van der Waals surface area contributed by atoms with Crippen molar-refractivity contribution in [2.45, 2.75) is 40.0 Å². The van der Waals surface area contributed by atoms with Crippen LogP contribution in [0.15, 0.2) is 12.2 Å². The van der Waals surface area contributed by atoms with Crippen LogP contribution in [0.3, 0.4) is 0 Å². The zero-order valence-corrected chi connectivity index (χ0v) is 16.4. The lowest BCUT2D eigenvalue weighted by molar-refractivity contribution is -0.151. The van der Waals surface area contributed by atoms with Crippen molar-refractivity contribution in [1.29, 1.82) is 0 Å². The third-order valence-corrected chi connectivity index (χ3v) is 5.46. The van der Waals surface area contributed by atoms with Gasteiger partial charge in [0.05, 0.1) is 23.0 Å². The molecular weight excluding hydrogens is 370 g/mol. The Balaban J connectivity index is 2.06. The molecule has 1 atom stereocenters. The first-order valence-corrected chi connectivity index (χ1v) is 9.59. The molecule has 1 aliphatic carbocycles. The molecule has 0 fully saturated rings. The van der Waals surface area contributed by atoms with Crippen LogP contribution in [0, 0.1) is 12.8 Å². The minimum absolute atomic E-state index is 0.157. The van der Waals surface area contributed by atoms with Gasteiger partial charge < -0.3 is 14.8 Å². The topological polar surface area (TPSA) is 98.8 Å². The van der Waals surface area contributed by atoms with Crippen molar-refractivity contribution in [1.82, 2.24) is 0 Å². The summed E-state index contributed by atoms with van der Waals surface area (Å²) in [6.07, 6.45) is 6.07. The summed E-state index contributed by atoms with van der Waals surface area (Å²) in [5.41, 5.74) is 0.622. The van der Waals surface area contributed by atoms with Crippen molar-refractivity contribution in [2.75, 3.05) is 18.5 Å². The first kappa shape index (κ1) is 20.8. The zero-order valence-electron chi connectivity index (χ0n) is 15.6. The Morgan fingerprint density at radius 3 is 2.56 bits per heavy atom. The summed E-state index contributed by atoms with van der Waals surface area (Å²) in [5.74, 6) is -2.03. The fraction of sp³-hybridized carbons (Fsp3) is 0.474. The van der Waals surface area contributed by atoms with Crippen LogP contribution < -0.4 is 5.32 Å². The summed E-state index contributed by atoms with van der Waals surface area (Å²) in [6, 6.07) is 0. The highest BCUT2D eigenvalue weighted by Gasteiger charge is 2.26. The smallest absolute Gasteiger partial charge is 0.341 e. The Labute approximate surface area is 161 Å². The third kappa shape index (κ3) is 5.26. The lowest BCUT2D eigenvalue weighted by Gasteiger charge is -2.16. The van der Waals surface area contributed by atoms with Gasteiger partial charge in [-0.3, -0.25) is 14.4 Å². The molecule has 27 heavy (non-hydrogen) atoms. The fourth-order valence-electron chi connectivity index (χ4n) is 2.81. The Morgan fingerprint density at radius 1 is 1.22 bits per heavy atom. The monoisotopic (exact) mass is 393 g/mol. The number of nitrogens with one attached hydrogen (secondary N) is 1. The minimum Gasteiger partial charge on any atom is -0.462 e. The highest BCUT2D eigenvalue weighted by molar-refractivity contribution is 7.18. The highest BCUT2D eigenvalue weighted by Crippen LogP contribution is 2.34. The number of carbonyl (C=O) groups is 4. The second-order valence-electron chi connectivity index (χ2n) is 6.17. The molecule has 1 heterocycles. The van der Waals surface area contributed by atoms with Crippen LogP contribution in [0.4, 0.5) is 5.00 Å². The molecule has 1 aromatic rings. The average Bonchev–Trinajstić information content (AvgIpc) is 2.97. The normalized spacial score (nSPS) is 15.9. The molecule has 0 spiro atoms. The van der Waals surface area contributed by atoms with E-state index >= 15 is 0 Å². The highest BCUT2D eigenvalue weighted by atomic mass is 32.1. The van der Waals surface area contributed by atoms with Crippen LogP contribution in [0.1, 0.15) is 58.7 Å². The number of carbonyl (C=O) groups excluding carboxylic acids is 4. The predicted molar refractivity (Wildman–Crippen MR) is 101 cm³/mol. The molecule has 0 aliphatic heterocycles.